The Morgan fingerprint density at radius 1 is 0.500 bits per heavy atom. The van der Waals surface area contributed by atoms with Crippen LogP contribution in [0.25, 0.3) is 0 Å². The van der Waals surface area contributed by atoms with Gasteiger partial charge in [0.2, 0.25) is 64.7 Å². The largest absolute Gasteiger partial charge is 0.394 e. The predicted molar refractivity (Wildman–Crippen MR) is 281 cm³/mol. The Bertz CT molecular complexity index is 2320. The summed E-state index contributed by atoms with van der Waals surface area (Å²) in [5, 5.41) is 60.1. The predicted octanol–water partition coefficient (Wildman–Crippen LogP) is -10.1. The molecule has 0 aliphatic carbocycles. The lowest BCUT2D eigenvalue weighted by atomic mass is 10.00. The molecule has 2 aliphatic rings. The fraction of sp³-hybridized carbons (Fsp3) is 0.587. The van der Waals surface area contributed by atoms with Crippen LogP contribution < -0.4 is 59.3 Å². The Morgan fingerprint density at radius 2 is 0.887 bits per heavy atom. The van der Waals surface area contributed by atoms with Crippen LogP contribution in [0, 0.1) is 0 Å². The number of Topliss-reactive ketones (excluding diaryl/α,β-unsaturated/α-hetero) is 2. The maximum Gasteiger partial charge on any atom is 0.253 e. The third-order valence-corrected chi connectivity index (χ3v) is 12.7. The Kier molecular flexibility index (Phi) is 31.1. The Morgan fingerprint density at radius 3 is 1.32 bits per heavy atom. The quantitative estimate of drug-likeness (QED) is 0.0118. The summed E-state index contributed by atoms with van der Waals surface area (Å²) in [5.41, 5.74) is 11.3. The lowest BCUT2D eigenvalue weighted by molar-refractivity contribution is -0.141. The summed E-state index contributed by atoms with van der Waals surface area (Å²) in [6, 6.07) is -13.3. The minimum atomic E-state index is -1.84. The van der Waals surface area contributed by atoms with Gasteiger partial charge in [-0.3, -0.25) is 81.7 Å². The van der Waals surface area contributed by atoms with Gasteiger partial charge in [-0.1, -0.05) is 0 Å². The number of ketones is 2. The minimum absolute atomic E-state index is 0.0832. The summed E-state index contributed by atoms with van der Waals surface area (Å²) < 4.78 is 0. The number of hydrogen-bond acceptors (Lipinski definition) is 23. The van der Waals surface area contributed by atoms with Crippen LogP contribution in [-0.4, -0.2) is 244 Å². The van der Waals surface area contributed by atoms with Crippen molar-refractivity contribution in [3.8, 4) is 0 Å². The van der Waals surface area contributed by atoms with E-state index in [0.717, 1.165) is 34.1 Å². The maximum absolute atomic E-state index is 13.6. The van der Waals surface area contributed by atoms with Gasteiger partial charge >= 0.3 is 0 Å². The number of aliphatic hydroxyl groups is 4. The fourth-order valence-electron chi connectivity index (χ4n) is 7.09. The number of carbonyl (C=O) groups excluding carboxylic acids is 15. The van der Waals surface area contributed by atoms with Gasteiger partial charge in [0, 0.05) is 75.5 Å². The molecule has 0 fully saturated rings. The van der Waals surface area contributed by atoms with Crippen molar-refractivity contribution in [3.63, 3.8) is 0 Å². The molecule has 0 aromatic rings. The Hall–Kier alpha value is -7.21. The summed E-state index contributed by atoms with van der Waals surface area (Å²) in [5.74, 6) is -14.2. The van der Waals surface area contributed by atoms with E-state index in [0.29, 0.717) is 6.42 Å². The summed E-state index contributed by atoms with van der Waals surface area (Å²) in [4.78, 5) is 193. The Balaban J connectivity index is 2.02. The highest BCUT2D eigenvalue weighted by Gasteiger charge is 2.36. The zero-order valence-electron chi connectivity index (χ0n) is 43.5. The average molecular weight is 1170 g/mol. The highest BCUT2D eigenvalue weighted by Crippen LogP contribution is 2.10. The fourth-order valence-corrected chi connectivity index (χ4v) is 7.82. The summed E-state index contributed by atoms with van der Waals surface area (Å²) in [6.07, 6.45) is 4.94. The molecule has 444 valence electrons. The van der Waals surface area contributed by atoms with Gasteiger partial charge in [-0.05, 0) is 44.2 Å². The molecule has 2 aliphatic heterocycles. The highest BCUT2D eigenvalue weighted by molar-refractivity contribution is 7.98. The van der Waals surface area contributed by atoms with Crippen molar-refractivity contribution in [3.05, 3.63) is 24.3 Å². The van der Waals surface area contributed by atoms with Crippen LogP contribution in [0.4, 0.5) is 0 Å². The van der Waals surface area contributed by atoms with Crippen molar-refractivity contribution >= 4 is 113 Å². The number of carbonyl (C=O) groups is 15. The number of imide groups is 2. The van der Waals surface area contributed by atoms with Crippen LogP contribution in [-0.2, 0) is 71.9 Å². The second-order valence-electron chi connectivity index (χ2n) is 17.5. The van der Waals surface area contributed by atoms with Gasteiger partial charge in [-0.2, -0.15) is 24.4 Å². The first-order valence-corrected chi connectivity index (χ1v) is 26.8. The molecule has 0 aromatic carbocycles. The van der Waals surface area contributed by atoms with E-state index in [1.807, 2.05) is 0 Å². The van der Waals surface area contributed by atoms with Gasteiger partial charge in [-0.25, -0.2) is 0 Å². The first kappa shape index (κ1) is 68.9. The summed E-state index contributed by atoms with van der Waals surface area (Å²) >= 11 is 5.35. The lowest BCUT2D eigenvalue weighted by Crippen LogP contribution is -2.62. The standard InChI is InChI=1S/C46H69N13O19S2/c1-80-17-12-25(52-41(73)26(18-48)53-44(76)29(21-62)54-42(74)27(19-60)50-34(66)9-14-49-33(65)11-16-59-37(69)7-8-38(59)70)40(72)57-31(23-79)46(78)56-30(22-63)45(77)55-28(20-61)43(75)51-24(4-2-3-13-47)39(71)32(64)10-15-58-35(67)5-6-36(58)68/h5-8,24-31,60-63,79H,2-4,9-23,47-48H2,1H3,(H,49,65)(H,50,66)(H,51,75)(H,52,73)(H,53,76)(H,54,74)(H,55,77)(H,56,78)(H,57,72)/t24-,25-,26-,27-,28-,29-,30-,31-/m0/s1. The molecule has 0 unspecified atom stereocenters. The molecular weight excluding hydrogens is 1100 g/mol. The number of thiol groups is 1. The van der Waals surface area contributed by atoms with E-state index in [1.165, 1.54) is 11.8 Å². The molecule has 2 heterocycles. The van der Waals surface area contributed by atoms with Crippen molar-refractivity contribution in [2.24, 2.45) is 11.5 Å². The number of unbranched alkanes of at least 4 members (excludes halogenated alkanes) is 1. The van der Waals surface area contributed by atoms with Gasteiger partial charge in [-0.15, -0.1) is 0 Å². The third-order valence-electron chi connectivity index (χ3n) is 11.7. The van der Waals surface area contributed by atoms with E-state index in [1.54, 1.807) is 6.26 Å². The molecule has 8 atom stereocenters. The second kappa shape index (κ2) is 36.1. The number of nitrogens with two attached hydrogens (primary N) is 2. The van der Waals surface area contributed by atoms with E-state index in [-0.39, 0.29) is 51.1 Å². The SMILES string of the molecule is CSCC[C@H](NC(=O)[C@H](CN)NC(=O)[C@H](CO)NC(=O)[C@H](CO)NC(=O)CCNC(=O)CCN1C(=O)C=CC1=O)C(=O)N[C@@H](CS)C(=O)N[C@@H](CO)C(=O)N[C@@H](CO)C(=O)N[C@@H](CCCCN)C(=O)C(=O)CCN1C(=O)C=CC1=O. The van der Waals surface area contributed by atoms with E-state index in [9.17, 15) is 92.3 Å². The second-order valence-corrected chi connectivity index (χ2v) is 18.8. The molecule has 17 N–H and O–H groups in total. The van der Waals surface area contributed by atoms with Crippen LogP contribution >= 0.6 is 24.4 Å². The molecule has 0 saturated carbocycles. The zero-order chi connectivity index (χ0) is 60.1. The molecule has 32 nitrogen and oxygen atoms in total. The number of nitrogens with zero attached hydrogens (tertiary/aromatic N) is 2. The van der Waals surface area contributed by atoms with Crippen molar-refractivity contribution < 1.29 is 92.3 Å². The number of nitrogens with one attached hydrogen (secondary N) is 9. The molecule has 0 aromatic heterocycles. The van der Waals surface area contributed by atoms with Gasteiger partial charge in [0.1, 0.15) is 42.3 Å². The van der Waals surface area contributed by atoms with E-state index < -0.39 is 195 Å². The van der Waals surface area contributed by atoms with Crippen molar-refractivity contribution in [2.75, 3.05) is 76.9 Å². The number of hydrogen-bond donors (Lipinski definition) is 16. The molecule has 0 saturated heterocycles. The Labute approximate surface area is 467 Å². The average Bonchev–Trinajstić information content (AvgIpc) is 3.94. The maximum atomic E-state index is 13.6. The van der Waals surface area contributed by atoms with Crippen LogP contribution in [0.3, 0.4) is 0 Å². The zero-order valence-corrected chi connectivity index (χ0v) is 45.2. The van der Waals surface area contributed by atoms with Gasteiger partial charge < -0.3 is 79.7 Å². The molecule has 13 amide bonds. The smallest absolute Gasteiger partial charge is 0.253 e. The highest BCUT2D eigenvalue weighted by atomic mass is 32.2. The molecule has 34 heteroatoms. The molecule has 2 rings (SSSR count). The van der Waals surface area contributed by atoms with Gasteiger partial charge in [0.15, 0.2) is 0 Å². The first-order valence-electron chi connectivity index (χ1n) is 24.8. The van der Waals surface area contributed by atoms with Gasteiger partial charge in [0.25, 0.3) is 23.6 Å². The van der Waals surface area contributed by atoms with Crippen LogP contribution in [0.2, 0.25) is 0 Å². The van der Waals surface area contributed by atoms with E-state index in [2.05, 4.69) is 60.5 Å². The minimum Gasteiger partial charge on any atom is -0.394 e. The van der Waals surface area contributed by atoms with Gasteiger partial charge in [0.05, 0.1) is 32.5 Å². The van der Waals surface area contributed by atoms with Crippen molar-refractivity contribution in [1.82, 2.24) is 57.7 Å². The first-order chi connectivity index (χ1) is 38.0. The topological polar surface area (TPSA) is 504 Å². The third kappa shape index (κ3) is 22.5. The molecule has 80 heavy (non-hydrogen) atoms. The van der Waals surface area contributed by atoms with E-state index in [4.69, 9.17) is 11.5 Å². The lowest BCUT2D eigenvalue weighted by Gasteiger charge is -2.26. The number of rotatable bonds is 39. The molecule has 0 spiro atoms. The molecule has 0 bridgehead atoms. The van der Waals surface area contributed by atoms with Crippen LogP contribution in [0.15, 0.2) is 24.3 Å². The monoisotopic (exact) mass is 1170 g/mol. The van der Waals surface area contributed by atoms with Crippen molar-refractivity contribution in [1.29, 1.82) is 0 Å². The number of amides is 13. The van der Waals surface area contributed by atoms with E-state index >= 15 is 0 Å². The molecular formula is C46H69N13O19S2. The number of thioether (sulfide) groups is 1. The van der Waals surface area contributed by atoms with Crippen molar-refractivity contribution in [2.45, 2.75) is 93.3 Å². The normalized spacial score (nSPS) is 15.8. The van der Waals surface area contributed by atoms with Crippen LogP contribution in [0.1, 0.15) is 44.9 Å². The summed E-state index contributed by atoms with van der Waals surface area (Å²) in [6.45, 7) is -5.54. The number of aliphatic hydroxyl groups excluding tert-OH is 4. The van der Waals surface area contributed by atoms with Crippen LogP contribution in [0.5, 0.6) is 0 Å². The molecule has 0 radical (unpaired) electrons. The summed E-state index contributed by atoms with van der Waals surface area (Å²) in [7, 11) is 0.